The molecule has 150 valence electrons. The monoisotopic (exact) mass is 430 g/mol. The molecule has 2 aromatic rings. The maximum absolute atomic E-state index is 12.5. The van der Waals surface area contributed by atoms with Gasteiger partial charge in [-0.15, -0.1) is 11.3 Å². The van der Waals surface area contributed by atoms with Crippen molar-refractivity contribution in [3.05, 3.63) is 63.0 Å². The minimum atomic E-state index is -0.357. The molecule has 3 amide bonds. The largest absolute Gasteiger partial charge is 0.404 e. The zero-order valence-electron chi connectivity index (χ0n) is 15.6. The molecule has 1 aromatic carbocycles. The molecule has 0 fully saturated rings. The van der Waals surface area contributed by atoms with Crippen LogP contribution in [0.4, 0.5) is 0 Å². The molecule has 9 heteroatoms. The zero-order valence-corrected chi connectivity index (χ0v) is 17.2. The van der Waals surface area contributed by atoms with Crippen LogP contribution in [0.25, 0.3) is 5.57 Å². The van der Waals surface area contributed by atoms with Crippen LogP contribution in [0.2, 0.25) is 0 Å². The van der Waals surface area contributed by atoms with E-state index in [1.165, 1.54) is 17.5 Å². The van der Waals surface area contributed by atoms with E-state index in [-0.39, 0.29) is 36.0 Å². The van der Waals surface area contributed by atoms with E-state index in [9.17, 15) is 14.4 Å². The smallest absolute Gasteiger partial charge is 0.261 e. The summed E-state index contributed by atoms with van der Waals surface area (Å²) in [5.74, 6) is -1.04. The summed E-state index contributed by atoms with van der Waals surface area (Å²) in [6.07, 6.45) is 1.91. The molecule has 0 radical (unpaired) electrons. The number of imide groups is 1. The van der Waals surface area contributed by atoms with E-state index >= 15 is 0 Å². The Morgan fingerprint density at radius 2 is 1.90 bits per heavy atom. The number of carbonyl (C=O) groups is 3. The summed E-state index contributed by atoms with van der Waals surface area (Å²) in [5.41, 5.74) is 7.36. The third-order valence-electron chi connectivity index (χ3n) is 4.55. The molecule has 3 rings (SSSR count). The maximum Gasteiger partial charge on any atom is 0.261 e. The van der Waals surface area contributed by atoms with Gasteiger partial charge in [-0.1, -0.05) is 30.7 Å². The number of hydrogen-bond acceptors (Lipinski definition) is 6. The van der Waals surface area contributed by atoms with Crippen LogP contribution in [0, 0.1) is 5.41 Å². The van der Waals surface area contributed by atoms with Crippen LogP contribution in [0.5, 0.6) is 0 Å². The Morgan fingerprint density at radius 1 is 1.28 bits per heavy atom. The van der Waals surface area contributed by atoms with Crippen molar-refractivity contribution in [2.45, 2.75) is 13.3 Å². The molecule has 0 saturated heterocycles. The van der Waals surface area contributed by atoms with Crippen molar-refractivity contribution in [2.24, 2.45) is 5.73 Å². The lowest BCUT2D eigenvalue weighted by molar-refractivity contribution is 0.0650. The lowest BCUT2D eigenvalue weighted by atomic mass is 10.1. The van der Waals surface area contributed by atoms with Gasteiger partial charge >= 0.3 is 0 Å². The molecule has 0 unspecified atom stereocenters. The Kier molecular flexibility index (Phi) is 6.14. The summed E-state index contributed by atoms with van der Waals surface area (Å²) in [5, 5.41) is 10.2. The molecule has 4 N–H and O–H groups in total. The lowest BCUT2D eigenvalue weighted by Gasteiger charge is -2.13. The second kappa shape index (κ2) is 8.59. The average molecular weight is 431 g/mol. The van der Waals surface area contributed by atoms with Crippen LogP contribution in [0.1, 0.15) is 47.8 Å². The van der Waals surface area contributed by atoms with Gasteiger partial charge in [0.05, 0.1) is 16.0 Å². The molecule has 7 nitrogen and oxygen atoms in total. The van der Waals surface area contributed by atoms with Crippen LogP contribution in [-0.2, 0) is 6.42 Å². The summed E-state index contributed by atoms with van der Waals surface area (Å²) in [7, 11) is 0. The second-order valence-electron chi connectivity index (χ2n) is 6.26. The van der Waals surface area contributed by atoms with Crippen molar-refractivity contribution in [2.75, 3.05) is 13.1 Å². The number of nitrogens with zero attached hydrogens (tertiary/aromatic N) is 1. The minimum absolute atomic E-state index is 0.0806. The number of benzene rings is 1. The molecule has 0 atom stereocenters. The van der Waals surface area contributed by atoms with Crippen LogP contribution in [0.3, 0.4) is 0 Å². The first-order valence-electron chi connectivity index (χ1n) is 8.91. The first kappa shape index (κ1) is 20.8. The summed E-state index contributed by atoms with van der Waals surface area (Å²) in [4.78, 5) is 39.7. The third kappa shape index (κ3) is 3.94. The Balaban J connectivity index is 1.67. The van der Waals surface area contributed by atoms with Crippen molar-refractivity contribution in [3.8, 4) is 0 Å². The van der Waals surface area contributed by atoms with E-state index < -0.39 is 0 Å². The number of hydrogen-bond donors (Lipinski definition) is 3. The normalized spacial score (nSPS) is 13.6. The van der Waals surface area contributed by atoms with Crippen molar-refractivity contribution in [1.82, 2.24) is 10.2 Å². The SMILES string of the molecule is CCc1sc(C(=O)NCCN2C(=O)c3ccccc3C2=O)cc1/C(=C/N)C(=N)Cl. The average Bonchev–Trinajstić information content (AvgIpc) is 3.23. The number of nitrogens with two attached hydrogens (primary N) is 1. The standard InChI is InChI=1S/C20H19ClN4O3S/c1-2-15-13(14(10-22)17(21)23)9-16(29-15)18(26)24-7-8-25-19(27)11-5-3-4-6-12(11)20(25)28/h3-6,9-10,23H,2,7-8,22H2,1H3,(H,24,26)/b14-10-,23-17?. The van der Waals surface area contributed by atoms with Crippen LogP contribution >= 0.6 is 22.9 Å². The second-order valence-corrected chi connectivity index (χ2v) is 7.77. The number of nitrogens with one attached hydrogen (secondary N) is 2. The van der Waals surface area contributed by atoms with Gasteiger partial charge in [0.25, 0.3) is 17.7 Å². The molecule has 2 heterocycles. The number of halogens is 1. The van der Waals surface area contributed by atoms with Gasteiger partial charge in [0.2, 0.25) is 0 Å². The summed E-state index contributed by atoms with van der Waals surface area (Å²) >= 11 is 7.08. The van der Waals surface area contributed by atoms with Gasteiger partial charge in [-0.3, -0.25) is 24.7 Å². The highest BCUT2D eigenvalue weighted by atomic mass is 35.5. The van der Waals surface area contributed by atoms with E-state index in [0.717, 1.165) is 9.78 Å². The quantitative estimate of drug-likeness (QED) is 0.462. The van der Waals surface area contributed by atoms with Crippen LogP contribution in [-0.4, -0.2) is 40.9 Å². The van der Waals surface area contributed by atoms with Gasteiger partial charge in [0.15, 0.2) is 0 Å². The Bertz CT molecular complexity index is 1010. The number of amides is 3. The van der Waals surface area contributed by atoms with Crippen LogP contribution in [0.15, 0.2) is 36.5 Å². The predicted octanol–water partition coefficient (Wildman–Crippen LogP) is 2.85. The fourth-order valence-electron chi connectivity index (χ4n) is 3.12. The Labute approximate surface area is 176 Å². The van der Waals surface area contributed by atoms with Gasteiger partial charge in [-0.2, -0.15) is 0 Å². The fourth-order valence-corrected chi connectivity index (χ4v) is 4.32. The van der Waals surface area contributed by atoms with Crippen molar-refractivity contribution < 1.29 is 14.4 Å². The van der Waals surface area contributed by atoms with Crippen molar-refractivity contribution in [3.63, 3.8) is 0 Å². The number of thiophene rings is 1. The molecule has 0 bridgehead atoms. The minimum Gasteiger partial charge on any atom is -0.404 e. The van der Waals surface area contributed by atoms with E-state index in [2.05, 4.69) is 5.32 Å². The molecule has 1 aromatic heterocycles. The molecule has 1 aliphatic rings. The molecule has 0 saturated carbocycles. The summed E-state index contributed by atoms with van der Waals surface area (Å²) < 4.78 is 0. The van der Waals surface area contributed by atoms with Crippen molar-refractivity contribution >= 4 is 51.4 Å². The fraction of sp³-hybridized carbons (Fsp3) is 0.200. The molecule has 1 aliphatic heterocycles. The molecule has 0 spiro atoms. The first-order valence-corrected chi connectivity index (χ1v) is 10.1. The molecular formula is C20H19ClN4O3S. The van der Waals surface area contributed by atoms with Crippen LogP contribution < -0.4 is 11.1 Å². The summed E-state index contributed by atoms with van der Waals surface area (Å²) in [6.45, 7) is 2.15. The van der Waals surface area contributed by atoms with E-state index in [0.29, 0.717) is 33.6 Å². The van der Waals surface area contributed by atoms with Gasteiger partial charge < -0.3 is 11.1 Å². The molecular weight excluding hydrogens is 412 g/mol. The summed E-state index contributed by atoms with van der Waals surface area (Å²) in [6, 6.07) is 8.30. The maximum atomic E-state index is 12.5. The van der Waals surface area contributed by atoms with E-state index in [4.69, 9.17) is 22.7 Å². The van der Waals surface area contributed by atoms with Gasteiger partial charge in [-0.25, -0.2) is 0 Å². The number of fused-ring (bicyclic) bond motifs is 1. The number of aryl methyl sites for hydroxylation is 1. The Hall–Kier alpha value is -2.97. The van der Waals surface area contributed by atoms with Gasteiger partial charge in [0, 0.05) is 35.3 Å². The van der Waals surface area contributed by atoms with E-state index in [1.807, 2.05) is 6.92 Å². The number of allylic oxidation sites excluding steroid dienone is 1. The highest BCUT2D eigenvalue weighted by Crippen LogP contribution is 2.30. The molecule has 0 aliphatic carbocycles. The van der Waals surface area contributed by atoms with E-state index in [1.54, 1.807) is 30.3 Å². The van der Waals surface area contributed by atoms with Gasteiger partial charge in [0.1, 0.15) is 5.17 Å². The van der Waals surface area contributed by atoms with Crippen molar-refractivity contribution in [1.29, 1.82) is 5.41 Å². The Morgan fingerprint density at radius 3 is 2.41 bits per heavy atom. The third-order valence-corrected chi connectivity index (χ3v) is 6.03. The topological polar surface area (TPSA) is 116 Å². The highest BCUT2D eigenvalue weighted by molar-refractivity contribution is 7.14. The zero-order chi connectivity index (χ0) is 21.1. The molecule has 29 heavy (non-hydrogen) atoms. The highest BCUT2D eigenvalue weighted by Gasteiger charge is 2.34. The first-order chi connectivity index (χ1) is 13.9. The lowest BCUT2D eigenvalue weighted by Crippen LogP contribution is -2.38. The number of carbonyl (C=O) groups excluding carboxylic acids is 3. The predicted molar refractivity (Wildman–Crippen MR) is 114 cm³/mol. The van der Waals surface area contributed by atoms with Gasteiger partial charge in [-0.05, 0) is 24.6 Å². The number of rotatable bonds is 7.